The topological polar surface area (TPSA) is 126 Å². The first kappa shape index (κ1) is 21.5. The summed E-state index contributed by atoms with van der Waals surface area (Å²) < 4.78 is 16.7. The van der Waals surface area contributed by atoms with Gasteiger partial charge in [-0.1, -0.05) is 12.1 Å². The van der Waals surface area contributed by atoms with E-state index in [9.17, 15) is 23.6 Å². The smallest absolute Gasteiger partial charge is 0.343 e. The highest BCUT2D eigenvalue weighted by Gasteiger charge is 2.25. The van der Waals surface area contributed by atoms with Gasteiger partial charge in [-0.25, -0.2) is 23.6 Å². The minimum absolute atomic E-state index is 0.0652. The zero-order chi connectivity index (χ0) is 22.7. The first-order chi connectivity index (χ1) is 15.4. The molecule has 0 bridgehead atoms. The Morgan fingerprint density at radius 3 is 2.56 bits per heavy atom. The molecule has 10 nitrogen and oxygen atoms in total. The van der Waals surface area contributed by atoms with Crippen molar-refractivity contribution < 1.29 is 9.18 Å². The zero-order valence-corrected chi connectivity index (χ0v) is 17.3. The summed E-state index contributed by atoms with van der Waals surface area (Å²) in [6, 6.07) is 7.29. The Balaban J connectivity index is 1.34. The van der Waals surface area contributed by atoms with Crippen LogP contribution in [0.2, 0.25) is 0 Å². The van der Waals surface area contributed by atoms with Crippen molar-refractivity contribution in [3.05, 3.63) is 79.5 Å². The summed E-state index contributed by atoms with van der Waals surface area (Å²) in [6.45, 7) is 1.30. The van der Waals surface area contributed by atoms with Crippen LogP contribution < -0.4 is 16.9 Å². The maximum Gasteiger partial charge on any atom is 0.348 e. The molecule has 2 aromatic heterocycles. The van der Waals surface area contributed by atoms with Crippen molar-refractivity contribution >= 4 is 5.91 Å². The third-order valence-electron chi connectivity index (χ3n) is 5.74. The van der Waals surface area contributed by atoms with Crippen LogP contribution in [0.5, 0.6) is 0 Å². The Morgan fingerprint density at radius 1 is 1.09 bits per heavy atom. The van der Waals surface area contributed by atoms with Crippen molar-refractivity contribution in [2.45, 2.75) is 32.2 Å². The quantitative estimate of drug-likeness (QED) is 0.572. The number of aromatic nitrogens is 5. The van der Waals surface area contributed by atoms with Gasteiger partial charge in [-0.2, -0.15) is 5.10 Å². The molecule has 0 saturated carbocycles. The number of rotatable bonds is 6. The van der Waals surface area contributed by atoms with Crippen molar-refractivity contribution in [2.75, 3.05) is 13.1 Å². The van der Waals surface area contributed by atoms with E-state index in [1.54, 1.807) is 17.0 Å². The molecule has 0 radical (unpaired) electrons. The van der Waals surface area contributed by atoms with Gasteiger partial charge in [0.05, 0.1) is 5.69 Å². The lowest BCUT2D eigenvalue weighted by Crippen LogP contribution is -2.40. The second-order valence-electron chi connectivity index (χ2n) is 7.81. The number of aromatic amines is 2. The number of carbonyl (C=O) groups excluding carboxylic acids is 1. The molecule has 1 aromatic carbocycles. The predicted molar refractivity (Wildman–Crippen MR) is 113 cm³/mol. The molecule has 1 aliphatic rings. The molecule has 3 heterocycles. The van der Waals surface area contributed by atoms with Gasteiger partial charge in [-0.3, -0.25) is 14.6 Å². The van der Waals surface area contributed by atoms with Crippen LogP contribution in [-0.2, 0) is 17.8 Å². The van der Waals surface area contributed by atoms with Crippen LogP contribution in [0.15, 0.2) is 50.9 Å². The summed E-state index contributed by atoms with van der Waals surface area (Å²) in [4.78, 5) is 51.5. The molecule has 2 N–H and O–H groups in total. The average Bonchev–Trinajstić information content (AvgIpc) is 3.13. The Hall–Kier alpha value is -3.76. The number of aryl methyl sites for hydroxylation is 1. The van der Waals surface area contributed by atoms with Crippen LogP contribution >= 0.6 is 0 Å². The molecule has 4 rings (SSSR count). The summed E-state index contributed by atoms with van der Waals surface area (Å²) in [7, 11) is 0. The molecule has 0 aliphatic carbocycles. The van der Waals surface area contributed by atoms with Gasteiger partial charge < -0.3 is 9.47 Å². The minimum Gasteiger partial charge on any atom is -0.343 e. The Labute approximate surface area is 181 Å². The van der Waals surface area contributed by atoms with Crippen molar-refractivity contribution in [1.29, 1.82) is 0 Å². The number of benzene rings is 1. The first-order valence-corrected chi connectivity index (χ1v) is 10.4. The monoisotopic (exact) mass is 442 g/mol. The van der Waals surface area contributed by atoms with Gasteiger partial charge in [0.1, 0.15) is 11.6 Å². The molecule has 1 saturated heterocycles. The second-order valence-corrected chi connectivity index (χ2v) is 7.81. The maximum atomic E-state index is 14.2. The summed E-state index contributed by atoms with van der Waals surface area (Å²) in [5, 5.41) is 6.48. The standard InChI is InChI=1S/C21H23FN6O4/c22-15-3-1-2-4-16(15)28-17(24-25-21(28)32)13-14-5-9-26(10-6-14)19(30)8-12-27-11-7-18(29)23-20(27)31/h1-4,7,11,14H,5-6,8-10,12-13H2,(H,25,32)(H,23,29,31). The van der Waals surface area contributed by atoms with E-state index in [2.05, 4.69) is 15.2 Å². The maximum absolute atomic E-state index is 14.2. The van der Waals surface area contributed by atoms with E-state index in [0.717, 1.165) is 12.8 Å². The number of H-pyrrole nitrogens is 2. The highest BCUT2D eigenvalue weighted by molar-refractivity contribution is 5.76. The fourth-order valence-electron chi connectivity index (χ4n) is 3.99. The molecule has 1 fully saturated rings. The third kappa shape index (κ3) is 4.61. The van der Waals surface area contributed by atoms with Crippen molar-refractivity contribution in [1.82, 2.24) is 29.2 Å². The number of piperidine rings is 1. The van der Waals surface area contributed by atoms with Gasteiger partial charge in [0.25, 0.3) is 5.56 Å². The van der Waals surface area contributed by atoms with Crippen LogP contribution in [0.3, 0.4) is 0 Å². The summed E-state index contributed by atoms with van der Waals surface area (Å²) >= 11 is 0. The van der Waals surface area contributed by atoms with Crippen LogP contribution in [0, 0.1) is 11.7 Å². The predicted octanol–water partition coefficient (Wildman–Crippen LogP) is 0.421. The number of amides is 1. The number of para-hydroxylation sites is 1. The first-order valence-electron chi connectivity index (χ1n) is 10.4. The Kier molecular flexibility index (Phi) is 6.15. The van der Waals surface area contributed by atoms with E-state index in [0.29, 0.717) is 25.3 Å². The number of hydrogen-bond acceptors (Lipinski definition) is 5. The fourth-order valence-corrected chi connectivity index (χ4v) is 3.99. The Bertz CT molecular complexity index is 1280. The zero-order valence-electron chi connectivity index (χ0n) is 17.3. The lowest BCUT2D eigenvalue weighted by molar-refractivity contribution is -0.132. The molecule has 32 heavy (non-hydrogen) atoms. The van der Waals surface area contributed by atoms with E-state index in [-0.39, 0.29) is 30.5 Å². The minimum atomic E-state index is -0.538. The van der Waals surface area contributed by atoms with E-state index < -0.39 is 22.8 Å². The van der Waals surface area contributed by atoms with Gasteiger partial charge in [-0.15, -0.1) is 0 Å². The van der Waals surface area contributed by atoms with Gasteiger partial charge in [-0.05, 0) is 30.9 Å². The molecule has 1 amide bonds. The van der Waals surface area contributed by atoms with Crippen molar-refractivity contribution in [3.63, 3.8) is 0 Å². The largest absolute Gasteiger partial charge is 0.348 e. The normalized spacial score (nSPS) is 14.6. The lowest BCUT2D eigenvalue weighted by Gasteiger charge is -2.32. The van der Waals surface area contributed by atoms with Crippen LogP contribution in [0.1, 0.15) is 25.1 Å². The highest BCUT2D eigenvalue weighted by atomic mass is 19.1. The van der Waals surface area contributed by atoms with E-state index in [4.69, 9.17) is 0 Å². The number of likely N-dealkylation sites (tertiary alicyclic amines) is 1. The number of halogens is 1. The molecule has 11 heteroatoms. The van der Waals surface area contributed by atoms with Gasteiger partial charge in [0.2, 0.25) is 5.91 Å². The van der Waals surface area contributed by atoms with Gasteiger partial charge in [0.15, 0.2) is 0 Å². The second kappa shape index (κ2) is 9.16. The summed E-state index contributed by atoms with van der Waals surface area (Å²) in [5.74, 6) is 0.0905. The lowest BCUT2D eigenvalue weighted by atomic mass is 9.93. The van der Waals surface area contributed by atoms with Crippen LogP contribution in [0.4, 0.5) is 4.39 Å². The number of hydrogen-bond donors (Lipinski definition) is 2. The van der Waals surface area contributed by atoms with Crippen molar-refractivity contribution in [2.24, 2.45) is 5.92 Å². The molecule has 0 atom stereocenters. The molecule has 0 spiro atoms. The number of nitrogens with one attached hydrogen (secondary N) is 2. The molecular weight excluding hydrogens is 419 g/mol. The average molecular weight is 442 g/mol. The third-order valence-corrected chi connectivity index (χ3v) is 5.74. The highest BCUT2D eigenvalue weighted by Crippen LogP contribution is 2.22. The number of carbonyl (C=O) groups is 1. The summed E-state index contributed by atoms with van der Waals surface area (Å²) in [5.41, 5.74) is -1.34. The van der Waals surface area contributed by atoms with Gasteiger partial charge in [0, 0.05) is 44.7 Å². The van der Waals surface area contributed by atoms with Crippen LogP contribution in [-0.4, -0.2) is 48.2 Å². The van der Waals surface area contributed by atoms with Gasteiger partial charge >= 0.3 is 11.4 Å². The molecule has 3 aromatic rings. The van der Waals surface area contributed by atoms with E-state index in [1.165, 1.54) is 33.5 Å². The van der Waals surface area contributed by atoms with Crippen LogP contribution in [0.25, 0.3) is 5.69 Å². The molecule has 168 valence electrons. The molecule has 1 aliphatic heterocycles. The summed E-state index contributed by atoms with van der Waals surface area (Å²) in [6.07, 6.45) is 3.47. The SMILES string of the molecule is O=C(CCn1ccc(=O)[nH]c1=O)N1CCC(Cc2n[nH]c(=O)n2-c2ccccc2F)CC1. The molecule has 0 unspecified atom stereocenters. The number of nitrogens with zero attached hydrogens (tertiary/aromatic N) is 4. The Morgan fingerprint density at radius 2 is 1.84 bits per heavy atom. The fraction of sp³-hybridized carbons (Fsp3) is 0.381. The van der Waals surface area contributed by atoms with Crippen molar-refractivity contribution in [3.8, 4) is 5.69 Å². The van der Waals surface area contributed by atoms with E-state index in [1.807, 2.05) is 0 Å². The molecular formula is C21H23FN6O4. The van der Waals surface area contributed by atoms with E-state index >= 15 is 0 Å².